The number of carbonyl (C=O) groups excluding carboxylic acids is 1. The molecule has 2 aromatic heterocycles. The van der Waals surface area contributed by atoms with Crippen LogP contribution >= 0.6 is 23.6 Å². The van der Waals surface area contributed by atoms with Crippen LogP contribution in [-0.4, -0.2) is 22.7 Å². The number of pyridine rings is 1. The molecule has 0 bridgehead atoms. The molecule has 5 nitrogen and oxygen atoms in total. The molecule has 29 heavy (non-hydrogen) atoms. The highest BCUT2D eigenvalue weighted by molar-refractivity contribution is 7.80. The Morgan fingerprint density at radius 3 is 2.52 bits per heavy atom. The van der Waals surface area contributed by atoms with Crippen molar-refractivity contribution in [2.24, 2.45) is 0 Å². The van der Waals surface area contributed by atoms with Gasteiger partial charge in [-0.1, -0.05) is 30.3 Å². The molecule has 0 atom stereocenters. The SMILES string of the molecule is CCOC(=O)c1c(NC(=S)Nc2cc(C)cc(C)n2)sc(C)c1-c1ccccc1. The van der Waals surface area contributed by atoms with Gasteiger partial charge in [-0.25, -0.2) is 9.78 Å². The van der Waals surface area contributed by atoms with Crippen LogP contribution in [0.25, 0.3) is 11.1 Å². The number of anilines is 2. The van der Waals surface area contributed by atoms with Crippen LogP contribution in [0.2, 0.25) is 0 Å². The molecule has 2 N–H and O–H groups in total. The van der Waals surface area contributed by atoms with Crippen molar-refractivity contribution >= 4 is 45.5 Å². The summed E-state index contributed by atoms with van der Waals surface area (Å²) in [6, 6.07) is 13.7. The Morgan fingerprint density at radius 2 is 1.86 bits per heavy atom. The third-order valence-corrected chi connectivity index (χ3v) is 5.42. The average molecular weight is 426 g/mol. The number of carbonyl (C=O) groups is 1. The minimum Gasteiger partial charge on any atom is -0.462 e. The van der Waals surface area contributed by atoms with Crippen molar-refractivity contribution in [1.82, 2.24) is 4.98 Å². The molecule has 0 unspecified atom stereocenters. The third-order valence-electron chi connectivity index (χ3n) is 4.19. The Balaban J connectivity index is 1.94. The predicted octanol–water partition coefficient (Wildman–Crippen LogP) is 5.72. The number of thiophene rings is 1. The van der Waals surface area contributed by atoms with Gasteiger partial charge in [-0.05, 0) is 63.2 Å². The van der Waals surface area contributed by atoms with E-state index in [1.807, 2.05) is 63.2 Å². The molecule has 0 saturated heterocycles. The average Bonchev–Trinajstić information content (AvgIpc) is 2.97. The molecule has 1 aromatic carbocycles. The lowest BCUT2D eigenvalue weighted by molar-refractivity contribution is 0.0529. The first-order valence-electron chi connectivity index (χ1n) is 9.28. The molecule has 0 aliphatic heterocycles. The van der Waals surface area contributed by atoms with Gasteiger partial charge in [-0.15, -0.1) is 11.3 Å². The summed E-state index contributed by atoms with van der Waals surface area (Å²) in [6.45, 7) is 8.02. The first-order valence-corrected chi connectivity index (χ1v) is 10.5. The van der Waals surface area contributed by atoms with Gasteiger partial charge in [0.2, 0.25) is 0 Å². The second-order valence-corrected chi connectivity index (χ2v) is 8.21. The predicted molar refractivity (Wildman–Crippen MR) is 124 cm³/mol. The summed E-state index contributed by atoms with van der Waals surface area (Å²) in [5, 5.41) is 7.29. The summed E-state index contributed by atoms with van der Waals surface area (Å²) >= 11 is 6.95. The van der Waals surface area contributed by atoms with Crippen LogP contribution in [0.1, 0.15) is 33.4 Å². The van der Waals surface area contributed by atoms with Crippen LogP contribution < -0.4 is 10.6 Å². The molecule has 3 rings (SSSR count). The number of esters is 1. The van der Waals surface area contributed by atoms with Gasteiger partial charge in [0, 0.05) is 16.1 Å². The van der Waals surface area contributed by atoms with Gasteiger partial charge in [0.05, 0.1) is 6.61 Å². The molecule has 0 spiro atoms. The van der Waals surface area contributed by atoms with Gasteiger partial charge in [0.1, 0.15) is 16.4 Å². The Morgan fingerprint density at radius 1 is 1.14 bits per heavy atom. The number of nitrogens with zero attached hydrogens (tertiary/aromatic N) is 1. The van der Waals surface area contributed by atoms with E-state index in [1.165, 1.54) is 11.3 Å². The topological polar surface area (TPSA) is 63.2 Å². The molecule has 150 valence electrons. The molecular formula is C22H23N3O2S2. The summed E-state index contributed by atoms with van der Waals surface area (Å²) in [5.41, 5.74) is 4.32. The number of aromatic nitrogens is 1. The first kappa shape index (κ1) is 21.0. The highest BCUT2D eigenvalue weighted by atomic mass is 32.1. The number of ether oxygens (including phenoxy) is 1. The Bertz CT molecular complexity index is 1030. The van der Waals surface area contributed by atoms with Crippen LogP contribution in [0.15, 0.2) is 42.5 Å². The van der Waals surface area contributed by atoms with E-state index in [0.29, 0.717) is 28.1 Å². The number of hydrogen-bond donors (Lipinski definition) is 2. The molecule has 2 heterocycles. The minimum atomic E-state index is -0.370. The minimum absolute atomic E-state index is 0.302. The summed E-state index contributed by atoms with van der Waals surface area (Å²) in [5.74, 6) is 0.291. The number of thiocarbonyl (C=S) groups is 1. The van der Waals surface area contributed by atoms with Crippen molar-refractivity contribution in [2.75, 3.05) is 17.2 Å². The molecular weight excluding hydrogens is 402 g/mol. The van der Waals surface area contributed by atoms with E-state index in [0.717, 1.165) is 27.3 Å². The Hall–Kier alpha value is -2.77. The van der Waals surface area contributed by atoms with Gasteiger partial charge in [-0.3, -0.25) is 0 Å². The fraction of sp³-hybridized carbons (Fsp3) is 0.227. The normalized spacial score (nSPS) is 10.5. The van der Waals surface area contributed by atoms with Gasteiger partial charge in [-0.2, -0.15) is 0 Å². The molecule has 0 amide bonds. The van der Waals surface area contributed by atoms with Crippen LogP contribution in [0, 0.1) is 20.8 Å². The molecule has 0 saturated carbocycles. The smallest absolute Gasteiger partial charge is 0.341 e. The van der Waals surface area contributed by atoms with Crippen molar-refractivity contribution in [2.45, 2.75) is 27.7 Å². The molecule has 0 aliphatic rings. The van der Waals surface area contributed by atoms with E-state index < -0.39 is 0 Å². The molecule has 0 fully saturated rings. The highest BCUT2D eigenvalue weighted by Crippen LogP contribution is 2.40. The maximum atomic E-state index is 12.8. The summed E-state index contributed by atoms with van der Waals surface area (Å²) in [4.78, 5) is 18.2. The molecule has 3 aromatic rings. The first-order chi connectivity index (χ1) is 13.9. The molecule has 7 heteroatoms. The van der Waals surface area contributed by atoms with Gasteiger partial charge in [0.15, 0.2) is 5.11 Å². The Kier molecular flexibility index (Phi) is 6.61. The Labute approximate surface area is 180 Å². The zero-order valence-corrected chi connectivity index (χ0v) is 18.5. The van der Waals surface area contributed by atoms with E-state index in [2.05, 4.69) is 15.6 Å². The van der Waals surface area contributed by atoms with E-state index in [1.54, 1.807) is 6.92 Å². The number of rotatable bonds is 5. The van der Waals surface area contributed by atoms with Crippen LogP contribution in [-0.2, 0) is 4.74 Å². The molecule has 0 radical (unpaired) electrons. The van der Waals surface area contributed by atoms with E-state index in [4.69, 9.17) is 17.0 Å². The third kappa shape index (κ3) is 4.99. The van der Waals surface area contributed by atoms with Gasteiger partial charge < -0.3 is 15.4 Å². The van der Waals surface area contributed by atoms with Crippen LogP contribution in [0.5, 0.6) is 0 Å². The number of nitrogens with one attached hydrogen (secondary N) is 2. The van der Waals surface area contributed by atoms with E-state index in [-0.39, 0.29) is 5.97 Å². The lowest BCUT2D eigenvalue weighted by atomic mass is 10.0. The monoisotopic (exact) mass is 425 g/mol. The van der Waals surface area contributed by atoms with Crippen molar-refractivity contribution in [3.8, 4) is 11.1 Å². The maximum absolute atomic E-state index is 12.8. The summed E-state index contributed by atoms with van der Waals surface area (Å²) in [7, 11) is 0. The van der Waals surface area contributed by atoms with Gasteiger partial charge in [0.25, 0.3) is 0 Å². The van der Waals surface area contributed by atoms with E-state index >= 15 is 0 Å². The fourth-order valence-corrected chi connectivity index (χ4v) is 4.48. The number of aryl methyl sites for hydroxylation is 3. The summed E-state index contributed by atoms with van der Waals surface area (Å²) < 4.78 is 5.33. The maximum Gasteiger partial charge on any atom is 0.341 e. The standard InChI is InChI=1S/C22H23N3O2S2/c1-5-27-21(26)19-18(16-9-7-6-8-10-16)15(4)29-20(19)25-22(28)24-17-12-13(2)11-14(3)23-17/h6-12H,5H2,1-4H3,(H2,23,24,25,28). The van der Waals surface area contributed by atoms with Crippen LogP contribution in [0.3, 0.4) is 0 Å². The lowest BCUT2D eigenvalue weighted by Gasteiger charge is -2.12. The second-order valence-electron chi connectivity index (χ2n) is 6.57. The van der Waals surface area contributed by atoms with Crippen molar-refractivity contribution < 1.29 is 9.53 Å². The van der Waals surface area contributed by atoms with Crippen LogP contribution in [0.4, 0.5) is 10.8 Å². The zero-order chi connectivity index (χ0) is 21.0. The number of hydrogen-bond acceptors (Lipinski definition) is 5. The number of benzene rings is 1. The van der Waals surface area contributed by atoms with Crippen molar-refractivity contribution in [1.29, 1.82) is 0 Å². The molecule has 0 aliphatic carbocycles. The summed E-state index contributed by atoms with van der Waals surface area (Å²) in [6.07, 6.45) is 0. The van der Waals surface area contributed by atoms with Gasteiger partial charge >= 0.3 is 5.97 Å². The largest absolute Gasteiger partial charge is 0.462 e. The highest BCUT2D eigenvalue weighted by Gasteiger charge is 2.25. The zero-order valence-electron chi connectivity index (χ0n) is 16.8. The van der Waals surface area contributed by atoms with E-state index in [9.17, 15) is 4.79 Å². The quantitative estimate of drug-likeness (QED) is 0.403. The lowest BCUT2D eigenvalue weighted by Crippen LogP contribution is -2.21. The van der Waals surface area contributed by atoms with Crippen molar-refractivity contribution in [3.63, 3.8) is 0 Å². The fourth-order valence-electron chi connectivity index (χ4n) is 3.14. The van der Waals surface area contributed by atoms with Crippen molar-refractivity contribution in [3.05, 3.63) is 64.2 Å². The second kappa shape index (κ2) is 9.15.